The summed E-state index contributed by atoms with van der Waals surface area (Å²) in [7, 11) is 0. The number of hydrogen-bond donors (Lipinski definition) is 2. The number of rotatable bonds is 3. The Bertz CT molecular complexity index is 426. The van der Waals surface area contributed by atoms with E-state index in [0.717, 1.165) is 38.5 Å². The molecule has 0 amide bonds. The summed E-state index contributed by atoms with van der Waals surface area (Å²) in [6, 6.07) is 5.53. The highest BCUT2D eigenvalue weighted by Crippen LogP contribution is 2.28. The first-order valence-electron chi connectivity index (χ1n) is 6.29. The number of hydrogen-bond acceptors (Lipinski definition) is 5. The third kappa shape index (κ3) is 2.23. The molecule has 1 unspecified atom stereocenters. The Morgan fingerprint density at radius 2 is 2.22 bits per heavy atom. The van der Waals surface area contributed by atoms with Crippen LogP contribution in [-0.4, -0.2) is 48.5 Å². The molecule has 0 aromatic heterocycles. The maximum Gasteiger partial charge on any atom is 0.138 e. The van der Waals surface area contributed by atoms with E-state index in [-0.39, 0.29) is 11.9 Å². The summed E-state index contributed by atoms with van der Waals surface area (Å²) in [5, 5.41) is 9.33. The number of nitrogens with two attached hydrogens (primary N) is 1. The zero-order chi connectivity index (χ0) is 12.5. The van der Waals surface area contributed by atoms with E-state index in [1.807, 2.05) is 0 Å². The molecule has 2 fully saturated rings. The summed E-state index contributed by atoms with van der Waals surface area (Å²) in [6.45, 7) is 3.60. The normalized spacial score (nSPS) is 25.0. The molecule has 5 heteroatoms. The number of anilines is 1. The van der Waals surface area contributed by atoms with Crippen LogP contribution in [0.4, 0.5) is 5.69 Å². The number of phenolic OH excluding ortho intramolecular Hbond substituents is 1. The minimum Gasteiger partial charge on any atom is -0.506 e. The topological polar surface area (TPSA) is 68.0 Å². The fourth-order valence-electron chi connectivity index (χ4n) is 2.45. The Kier molecular flexibility index (Phi) is 3.01. The van der Waals surface area contributed by atoms with E-state index in [2.05, 4.69) is 4.90 Å². The molecule has 1 atom stereocenters. The van der Waals surface area contributed by atoms with Crippen molar-refractivity contribution in [2.45, 2.75) is 18.6 Å². The van der Waals surface area contributed by atoms with Gasteiger partial charge in [-0.05, 0) is 18.6 Å². The molecule has 0 aliphatic carbocycles. The highest BCUT2D eigenvalue weighted by Gasteiger charge is 2.35. The molecule has 1 aromatic rings. The summed E-state index contributed by atoms with van der Waals surface area (Å²) in [6.07, 6.45) is 1.34. The lowest BCUT2D eigenvalue weighted by Crippen LogP contribution is -2.57. The first kappa shape index (κ1) is 11.6. The van der Waals surface area contributed by atoms with Crippen LogP contribution in [0.5, 0.6) is 11.5 Å². The van der Waals surface area contributed by atoms with Gasteiger partial charge in [0.05, 0.1) is 12.3 Å². The molecule has 18 heavy (non-hydrogen) atoms. The van der Waals surface area contributed by atoms with Crippen molar-refractivity contribution in [2.75, 3.05) is 32.0 Å². The molecule has 0 bridgehead atoms. The zero-order valence-electron chi connectivity index (χ0n) is 10.2. The molecule has 0 radical (unpaired) electrons. The van der Waals surface area contributed by atoms with Crippen LogP contribution in [-0.2, 0) is 4.74 Å². The summed E-state index contributed by atoms with van der Waals surface area (Å²) in [5.74, 6) is 0.818. The van der Waals surface area contributed by atoms with Crippen molar-refractivity contribution in [3.63, 3.8) is 0 Å². The van der Waals surface area contributed by atoms with Crippen LogP contribution in [0.15, 0.2) is 18.2 Å². The minimum atomic E-state index is 0.0979. The molecule has 0 saturated carbocycles. The van der Waals surface area contributed by atoms with Crippen molar-refractivity contribution in [1.82, 2.24) is 4.90 Å². The maximum absolute atomic E-state index is 9.33. The third-order valence-electron chi connectivity index (χ3n) is 3.60. The van der Waals surface area contributed by atoms with Crippen molar-refractivity contribution in [1.29, 1.82) is 0 Å². The average molecular weight is 250 g/mol. The van der Waals surface area contributed by atoms with Gasteiger partial charge in [-0.3, -0.25) is 4.90 Å². The van der Waals surface area contributed by atoms with Gasteiger partial charge in [0.15, 0.2) is 0 Å². The predicted molar refractivity (Wildman–Crippen MR) is 67.7 cm³/mol. The molecule has 1 aromatic carbocycles. The number of nitrogens with zero attached hydrogens (tertiary/aromatic N) is 1. The van der Waals surface area contributed by atoms with Gasteiger partial charge < -0.3 is 20.3 Å². The standard InChI is InChI=1S/C13H18N2O3/c14-12-5-10(1-2-13(12)16)18-11-6-15(7-11)9-3-4-17-8-9/h1-2,5,9,11,16H,3-4,6-8,14H2. The molecular formula is C13H18N2O3. The van der Waals surface area contributed by atoms with Crippen molar-refractivity contribution in [2.24, 2.45) is 0 Å². The Balaban J connectivity index is 1.51. The van der Waals surface area contributed by atoms with Crippen LogP contribution in [0.2, 0.25) is 0 Å². The van der Waals surface area contributed by atoms with E-state index in [9.17, 15) is 5.11 Å². The first-order chi connectivity index (χ1) is 8.72. The van der Waals surface area contributed by atoms with Gasteiger partial charge in [0, 0.05) is 31.8 Å². The summed E-state index contributed by atoms with van der Waals surface area (Å²) >= 11 is 0. The largest absolute Gasteiger partial charge is 0.506 e. The van der Waals surface area contributed by atoms with Crippen LogP contribution < -0.4 is 10.5 Å². The maximum atomic E-state index is 9.33. The van der Waals surface area contributed by atoms with Gasteiger partial charge in [-0.25, -0.2) is 0 Å². The number of aromatic hydroxyl groups is 1. The smallest absolute Gasteiger partial charge is 0.138 e. The highest BCUT2D eigenvalue weighted by molar-refractivity contribution is 5.55. The molecule has 3 rings (SSSR count). The van der Waals surface area contributed by atoms with Crippen molar-refractivity contribution < 1.29 is 14.6 Å². The second-order valence-electron chi connectivity index (χ2n) is 4.93. The fourth-order valence-corrected chi connectivity index (χ4v) is 2.45. The molecule has 2 saturated heterocycles. The van der Waals surface area contributed by atoms with Crippen LogP contribution in [0.3, 0.4) is 0 Å². The summed E-state index contributed by atoms with van der Waals surface area (Å²) < 4.78 is 11.2. The van der Waals surface area contributed by atoms with E-state index >= 15 is 0 Å². The Morgan fingerprint density at radius 3 is 2.89 bits per heavy atom. The van der Waals surface area contributed by atoms with E-state index in [1.54, 1.807) is 18.2 Å². The zero-order valence-corrected chi connectivity index (χ0v) is 10.2. The molecule has 0 spiro atoms. The molecule has 3 N–H and O–H groups in total. The molecular weight excluding hydrogens is 232 g/mol. The molecule has 2 aliphatic heterocycles. The van der Waals surface area contributed by atoms with Crippen molar-refractivity contribution in [3.8, 4) is 11.5 Å². The van der Waals surface area contributed by atoms with Gasteiger partial charge in [-0.1, -0.05) is 0 Å². The third-order valence-corrected chi connectivity index (χ3v) is 3.60. The average Bonchev–Trinajstić information content (AvgIpc) is 2.81. The number of likely N-dealkylation sites (tertiary alicyclic amines) is 1. The van der Waals surface area contributed by atoms with Crippen molar-refractivity contribution in [3.05, 3.63) is 18.2 Å². The summed E-state index contributed by atoms with van der Waals surface area (Å²) in [5.41, 5.74) is 5.98. The Morgan fingerprint density at radius 1 is 1.39 bits per heavy atom. The predicted octanol–water partition coefficient (Wildman–Crippen LogP) is 0.826. The molecule has 98 valence electrons. The van der Waals surface area contributed by atoms with Gasteiger partial charge in [0.1, 0.15) is 17.6 Å². The Hall–Kier alpha value is -1.46. The number of ether oxygens (including phenoxy) is 2. The lowest BCUT2D eigenvalue weighted by molar-refractivity contribution is -0.0113. The van der Waals surface area contributed by atoms with Gasteiger partial charge in [-0.15, -0.1) is 0 Å². The molecule has 2 aliphatic rings. The van der Waals surface area contributed by atoms with Crippen molar-refractivity contribution >= 4 is 5.69 Å². The highest BCUT2D eigenvalue weighted by atomic mass is 16.5. The molecule has 5 nitrogen and oxygen atoms in total. The second kappa shape index (κ2) is 4.66. The van der Waals surface area contributed by atoms with Gasteiger partial charge in [-0.2, -0.15) is 0 Å². The van der Waals surface area contributed by atoms with Crippen LogP contribution >= 0.6 is 0 Å². The van der Waals surface area contributed by atoms with Crippen LogP contribution in [0.25, 0.3) is 0 Å². The van der Waals surface area contributed by atoms with E-state index in [4.69, 9.17) is 15.2 Å². The lowest BCUT2D eigenvalue weighted by atomic mass is 10.1. The van der Waals surface area contributed by atoms with E-state index < -0.39 is 0 Å². The second-order valence-corrected chi connectivity index (χ2v) is 4.93. The van der Waals surface area contributed by atoms with Gasteiger partial charge >= 0.3 is 0 Å². The van der Waals surface area contributed by atoms with Gasteiger partial charge in [0.2, 0.25) is 0 Å². The van der Waals surface area contributed by atoms with Gasteiger partial charge in [0.25, 0.3) is 0 Å². The monoisotopic (exact) mass is 250 g/mol. The molecule has 2 heterocycles. The lowest BCUT2D eigenvalue weighted by Gasteiger charge is -2.42. The van der Waals surface area contributed by atoms with Crippen LogP contribution in [0, 0.1) is 0 Å². The van der Waals surface area contributed by atoms with Crippen LogP contribution in [0.1, 0.15) is 6.42 Å². The quantitative estimate of drug-likeness (QED) is 0.614. The number of phenols is 1. The Labute approximate surface area is 106 Å². The SMILES string of the molecule is Nc1cc(OC2CN(C3CCOC3)C2)ccc1O. The number of nitrogen functional groups attached to an aromatic ring is 1. The minimum absolute atomic E-state index is 0.0979. The first-order valence-corrected chi connectivity index (χ1v) is 6.29. The number of benzene rings is 1. The van der Waals surface area contributed by atoms with E-state index in [0.29, 0.717) is 11.7 Å². The fraction of sp³-hybridized carbons (Fsp3) is 0.538. The van der Waals surface area contributed by atoms with E-state index in [1.165, 1.54) is 0 Å². The summed E-state index contributed by atoms with van der Waals surface area (Å²) in [4.78, 5) is 2.39.